The second-order valence-corrected chi connectivity index (χ2v) is 9.35. The lowest BCUT2D eigenvalue weighted by Crippen LogP contribution is -2.18. The number of phenolic OH excluding ortho intramolecular Hbond substituents is 1. The molecule has 2 rings (SSSR count). The summed E-state index contributed by atoms with van der Waals surface area (Å²) < 4.78 is 0. The standard InChI is InChI=1S/C28H48N2O/c1-2-3-4-5-6-7-8-9-10-11-12-13-14-15-16-17-21-29-22-20-25-24-30-28-19-18-26(31)23-27(25)28/h18-19,23-24,29-31H,2-17,20-22H2,1H3. The summed E-state index contributed by atoms with van der Waals surface area (Å²) in [5.74, 6) is 0.342. The Morgan fingerprint density at radius 1 is 0.710 bits per heavy atom. The number of nitrogens with one attached hydrogen (secondary N) is 2. The summed E-state index contributed by atoms with van der Waals surface area (Å²) in [6.45, 7) is 4.41. The lowest BCUT2D eigenvalue weighted by Gasteiger charge is -2.05. The summed E-state index contributed by atoms with van der Waals surface area (Å²) in [4.78, 5) is 3.29. The molecule has 0 saturated heterocycles. The average molecular weight is 429 g/mol. The van der Waals surface area contributed by atoms with Crippen molar-refractivity contribution in [1.29, 1.82) is 0 Å². The maximum Gasteiger partial charge on any atom is 0.116 e. The van der Waals surface area contributed by atoms with Crippen LogP contribution in [0, 0.1) is 0 Å². The first-order valence-electron chi connectivity index (χ1n) is 13.3. The van der Waals surface area contributed by atoms with E-state index in [2.05, 4.69) is 23.4 Å². The number of phenols is 1. The number of aromatic hydroxyl groups is 1. The van der Waals surface area contributed by atoms with Gasteiger partial charge in [0.1, 0.15) is 5.75 Å². The molecule has 0 saturated carbocycles. The Kier molecular flexibility index (Phi) is 14.2. The number of H-pyrrole nitrogens is 1. The summed E-state index contributed by atoms with van der Waals surface area (Å²) in [6, 6.07) is 5.53. The number of fused-ring (bicyclic) bond motifs is 1. The van der Waals surface area contributed by atoms with Crippen LogP contribution in [-0.4, -0.2) is 23.2 Å². The highest BCUT2D eigenvalue weighted by molar-refractivity contribution is 5.84. The first kappa shape index (κ1) is 25.8. The van der Waals surface area contributed by atoms with E-state index < -0.39 is 0 Å². The van der Waals surface area contributed by atoms with E-state index >= 15 is 0 Å². The highest BCUT2D eigenvalue weighted by Gasteiger charge is 2.04. The number of hydrogen-bond acceptors (Lipinski definition) is 2. The van der Waals surface area contributed by atoms with Gasteiger partial charge in [0.05, 0.1) is 0 Å². The fraction of sp³-hybridized carbons (Fsp3) is 0.714. The van der Waals surface area contributed by atoms with Gasteiger partial charge in [-0.2, -0.15) is 0 Å². The normalized spacial score (nSPS) is 11.5. The third-order valence-corrected chi connectivity index (χ3v) is 6.53. The third-order valence-electron chi connectivity index (χ3n) is 6.53. The van der Waals surface area contributed by atoms with Crippen LogP contribution >= 0.6 is 0 Å². The molecule has 1 aromatic carbocycles. The highest BCUT2D eigenvalue weighted by Crippen LogP contribution is 2.23. The lowest BCUT2D eigenvalue weighted by molar-refractivity contribution is 0.476. The van der Waals surface area contributed by atoms with Crippen LogP contribution in [0.3, 0.4) is 0 Å². The van der Waals surface area contributed by atoms with Crippen molar-refractivity contribution in [2.45, 2.75) is 116 Å². The third kappa shape index (κ3) is 11.6. The summed E-state index contributed by atoms with van der Waals surface area (Å²) >= 11 is 0. The minimum absolute atomic E-state index is 0.342. The zero-order chi connectivity index (χ0) is 22.0. The zero-order valence-electron chi connectivity index (χ0n) is 20.2. The zero-order valence-corrected chi connectivity index (χ0v) is 20.2. The second kappa shape index (κ2) is 17.1. The van der Waals surface area contributed by atoms with E-state index in [0.717, 1.165) is 30.4 Å². The van der Waals surface area contributed by atoms with Crippen molar-refractivity contribution in [3.8, 4) is 5.75 Å². The topological polar surface area (TPSA) is 48.0 Å². The van der Waals surface area contributed by atoms with Crippen molar-refractivity contribution >= 4 is 10.9 Å². The molecule has 176 valence electrons. The summed E-state index contributed by atoms with van der Waals surface area (Å²) in [7, 11) is 0. The Morgan fingerprint density at radius 2 is 1.26 bits per heavy atom. The molecule has 0 aliphatic heterocycles. The molecule has 0 aliphatic rings. The quantitative estimate of drug-likeness (QED) is 0.186. The summed E-state index contributed by atoms with van der Waals surface area (Å²) in [6.07, 6.45) is 25.8. The van der Waals surface area contributed by atoms with E-state index in [0.29, 0.717) is 5.75 Å². The van der Waals surface area contributed by atoms with Crippen LogP contribution < -0.4 is 5.32 Å². The van der Waals surface area contributed by atoms with Gasteiger partial charge < -0.3 is 15.4 Å². The van der Waals surface area contributed by atoms with Gasteiger partial charge in [-0.3, -0.25) is 0 Å². The smallest absolute Gasteiger partial charge is 0.116 e. The minimum atomic E-state index is 0.342. The molecule has 0 amide bonds. The molecule has 31 heavy (non-hydrogen) atoms. The number of unbranched alkanes of at least 4 members (excludes halogenated alkanes) is 15. The number of benzene rings is 1. The van der Waals surface area contributed by atoms with Crippen LogP contribution in [0.15, 0.2) is 24.4 Å². The van der Waals surface area contributed by atoms with Gasteiger partial charge in [0, 0.05) is 17.1 Å². The van der Waals surface area contributed by atoms with Crippen LogP contribution in [-0.2, 0) is 6.42 Å². The van der Waals surface area contributed by atoms with Crippen molar-refractivity contribution in [2.75, 3.05) is 13.1 Å². The molecule has 0 spiro atoms. The van der Waals surface area contributed by atoms with Crippen LogP contribution in [0.25, 0.3) is 10.9 Å². The van der Waals surface area contributed by atoms with Gasteiger partial charge in [0.25, 0.3) is 0 Å². The molecule has 0 aliphatic carbocycles. The maximum absolute atomic E-state index is 9.68. The van der Waals surface area contributed by atoms with Crippen molar-refractivity contribution in [3.05, 3.63) is 30.0 Å². The molecular formula is C28H48N2O. The molecule has 0 bridgehead atoms. The van der Waals surface area contributed by atoms with E-state index in [1.807, 2.05) is 12.1 Å². The minimum Gasteiger partial charge on any atom is -0.508 e. The molecule has 3 N–H and O–H groups in total. The first-order valence-corrected chi connectivity index (χ1v) is 13.3. The van der Waals surface area contributed by atoms with E-state index in [1.165, 1.54) is 108 Å². The molecule has 1 heterocycles. The molecule has 3 heteroatoms. The Balaban J connectivity index is 1.31. The van der Waals surface area contributed by atoms with Crippen LogP contribution in [0.5, 0.6) is 5.75 Å². The Labute approximate surface area is 191 Å². The SMILES string of the molecule is CCCCCCCCCCCCCCCCCCNCCc1c[nH]c2ccc(O)cc12. The average Bonchev–Trinajstić information content (AvgIpc) is 3.17. The predicted molar refractivity (Wildman–Crippen MR) is 136 cm³/mol. The van der Waals surface area contributed by atoms with Gasteiger partial charge in [-0.15, -0.1) is 0 Å². The molecule has 3 nitrogen and oxygen atoms in total. The molecule has 0 fully saturated rings. The Bertz CT molecular complexity index is 679. The molecule has 0 unspecified atom stereocenters. The van der Waals surface area contributed by atoms with E-state index in [9.17, 15) is 5.11 Å². The van der Waals surface area contributed by atoms with Gasteiger partial charge in [-0.1, -0.05) is 103 Å². The first-order chi connectivity index (χ1) is 15.3. The Hall–Kier alpha value is -1.48. The van der Waals surface area contributed by atoms with Crippen LogP contribution in [0.2, 0.25) is 0 Å². The van der Waals surface area contributed by atoms with Gasteiger partial charge in [-0.05, 0) is 49.7 Å². The van der Waals surface area contributed by atoms with Gasteiger partial charge >= 0.3 is 0 Å². The molecule has 2 aromatic rings. The number of aromatic nitrogens is 1. The van der Waals surface area contributed by atoms with Gasteiger partial charge in [0.15, 0.2) is 0 Å². The van der Waals surface area contributed by atoms with Crippen LogP contribution in [0.4, 0.5) is 0 Å². The van der Waals surface area contributed by atoms with Gasteiger partial charge in [0.2, 0.25) is 0 Å². The number of aromatic amines is 1. The Morgan fingerprint density at radius 3 is 1.84 bits per heavy atom. The summed E-state index contributed by atoms with van der Waals surface area (Å²) in [5.41, 5.74) is 2.39. The van der Waals surface area contributed by atoms with E-state index in [4.69, 9.17) is 0 Å². The van der Waals surface area contributed by atoms with Crippen LogP contribution in [0.1, 0.15) is 115 Å². The number of hydrogen-bond donors (Lipinski definition) is 3. The number of rotatable bonds is 20. The van der Waals surface area contributed by atoms with Crippen molar-refractivity contribution in [1.82, 2.24) is 10.3 Å². The van der Waals surface area contributed by atoms with E-state index in [-0.39, 0.29) is 0 Å². The molecule has 1 aromatic heterocycles. The largest absolute Gasteiger partial charge is 0.508 e. The molecule has 0 atom stereocenters. The van der Waals surface area contributed by atoms with Crippen molar-refractivity contribution in [2.24, 2.45) is 0 Å². The maximum atomic E-state index is 9.68. The van der Waals surface area contributed by atoms with E-state index in [1.54, 1.807) is 6.07 Å². The molecule has 0 radical (unpaired) electrons. The lowest BCUT2D eigenvalue weighted by atomic mass is 10.0. The summed E-state index contributed by atoms with van der Waals surface area (Å²) in [5, 5.41) is 14.4. The second-order valence-electron chi connectivity index (χ2n) is 9.35. The van der Waals surface area contributed by atoms with Crippen molar-refractivity contribution < 1.29 is 5.11 Å². The van der Waals surface area contributed by atoms with Crippen molar-refractivity contribution in [3.63, 3.8) is 0 Å². The monoisotopic (exact) mass is 428 g/mol. The fourth-order valence-corrected chi connectivity index (χ4v) is 4.52. The molecular weight excluding hydrogens is 380 g/mol. The highest BCUT2D eigenvalue weighted by atomic mass is 16.3. The predicted octanol–water partition coefficient (Wildman–Crippen LogP) is 8.27. The fourth-order valence-electron chi connectivity index (χ4n) is 4.52. The van der Waals surface area contributed by atoms with Gasteiger partial charge in [-0.25, -0.2) is 0 Å².